The number of hydrogen-bond acceptors (Lipinski definition) is 4. The minimum absolute atomic E-state index is 0.211. The molecular weight excluding hydrogens is 254 g/mol. The second-order valence-corrected chi connectivity index (χ2v) is 4.96. The molecule has 1 amide bonds. The number of phenolic OH excluding ortho intramolecular Hbond substituents is 1. The predicted molar refractivity (Wildman–Crippen MR) is 80.1 cm³/mol. The van der Waals surface area contributed by atoms with Gasteiger partial charge >= 0.3 is 0 Å². The van der Waals surface area contributed by atoms with Crippen molar-refractivity contribution in [2.75, 3.05) is 44.2 Å². The zero-order valence-corrected chi connectivity index (χ0v) is 12.0. The summed E-state index contributed by atoms with van der Waals surface area (Å²) in [5.41, 5.74) is 0.854. The van der Waals surface area contributed by atoms with Gasteiger partial charge in [-0.2, -0.15) is 0 Å². The van der Waals surface area contributed by atoms with E-state index in [1.165, 1.54) is 0 Å². The average Bonchev–Trinajstić information content (AvgIpc) is 2.48. The summed E-state index contributed by atoms with van der Waals surface area (Å²) in [5, 5.41) is 13.0. The Labute approximate surface area is 120 Å². The van der Waals surface area contributed by atoms with Crippen LogP contribution in [0, 0.1) is 0 Å². The van der Waals surface area contributed by atoms with E-state index in [1.807, 2.05) is 30.0 Å². The van der Waals surface area contributed by atoms with Crippen LogP contribution in [0.2, 0.25) is 0 Å². The molecule has 1 fully saturated rings. The van der Waals surface area contributed by atoms with Crippen molar-refractivity contribution in [1.29, 1.82) is 0 Å². The zero-order chi connectivity index (χ0) is 14.4. The lowest BCUT2D eigenvalue weighted by Gasteiger charge is -2.36. The minimum atomic E-state index is 0.211. The molecule has 110 valence electrons. The van der Waals surface area contributed by atoms with Crippen molar-refractivity contribution in [2.45, 2.75) is 13.3 Å². The third-order valence-corrected chi connectivity index (χ3v) is 3.62. The van der Waals surface area contributed by atoms with Crippen LogP contribution in [0.25, 0.3) is 0 Å². The number of para-hydroxylation sites is 2. The second kappa shape index (κ2) is 7.14. The number of amides is 1. The highest BCUT2D eigenvalue weighted by atomic mass is 16.3. The Morgan fingerprint density at radius 2 is 1.95 bits per heavy atom. The maximum absolute atomic E-state index is 12.0. The van der Waals surface area contributed by atoms with Crippen molar-refractivity contribution in [3.63, 3.8) is 0 Å². The number of nitrogens with one attached hydrogen (secondary N) is 1. The van der Waals surface area contributed by atoms with Crippen molar-refractivity contribution < 1.29 is 9.90 Å². The van der Waals surface area contributed by atoms with Crippen LogP contribution in [0.15, 0.2) is 24.3 Å². The second-order valence-electron chi connectivity index (χ2n) is 4.96. The Morgan fingerprint density at radius 3 is 2.60 bits per heavy atom. The number of piperazine rings is 1. The molecule has 1 heterocycles. The number of carbonyl (C=O) groups excluding carboxylic acids is 1. The normalized spacial score (nSPS) is 15.4. The largest absolute Gasteiger partial charge is 0.506 e. The van der Waals surface area contributed by atoms with Crippen LogP contribution >= 0.6 is 0 Å². The van der Waals surface area contributed by atoms with Crippen molar-refractivity contribution in [2.24, 2.45) is 0 Å². The van der Waals surface area contributed by atoms with Crippen LogP contribution in [0.3, 0.4) is 0 Å². The molecule has 0 unspecified atom stereocenters. The number of benzene rings is 1. The van der Waals surface area contributed by atoms with E-state index in [0.717, 1.165) is 45.0 Å². The highest BCUT2D eigenvalue weighted by Gasteiger charge is 2.21. The third-order valence-electron chi connectivity index (χ3n) is 3.62. The van der Waals surface area contributed by atoms with Gasteiger partial charge < -0.3 is 20.2 Å². The van der Waals surface area contributed by atoms with Crippen LogP contribution in [-0.4, -0.2) is 55.2 Å². The SMILES string of the molecule is CCNCCC(=O)N1CCN(c2ccccc2O)CC1. The number of carbonyl (C=O) groups is 1. The molecule has 0 bridgehead atoms. The first-order valence-corrected chi connectivity index (χ1v) is 7.23. The number of anilines is 1. The maximum atomic E-state index is 12.0. The van der Waals surface area contributed by atoms with Crippen molar-refractivity contribution in [1.82, 2.24) is 10.2 Å². The van der Waals surface area contributed by atoms with Gasteiger partial charge in [0, 0.05) is 39.1 Å². The van der Waals surface area contributed by atoms with E-state index in [2.05, 4.69) is 10.2 Å². The van der Waals surface area contributed by atoms with Crippen molar-refractivity contribution in [3.05, 3.63) is 24.3 Å². The van der Waals surface area contributed by atoms with Gasteiger partial charge in [-0.25, -0.2) is 0 Å². The number of phenols is 1. The van der Waals surface area contributed by atoms with Gasteiger partial charge in [0.05, 0.1) is 5.69 Å². The molecule has 2 N–H and O–H groups in total. The van der Waals surface area contributed by atoms with E-state index in [4.69, 9.17) is 0 Å². The molecule has 1 aromatic carbocycles. The molecule has 0 radical (unpaired) electrons. The Bertz CT molecular complexity index is 442. The fraction of sp³-hybridized carbons (Fsp3) is 0.533. The molecule has 0 saturated carbocycles. The third kappa shape index (κ3) is 3.63. The summed E-state index contributed by atoms with van der Waals surface area (Å²) in [5.74, 6) is 0.516. The van der Waals surface area contributed by atoms with E-state index >= 15 is 0 Å². The van der Waals surface area contributed by atoms with Gasteiger partial charge in [-0.15, -0.1) is 0 Å². The van der Waals surface area contributed by atoms with Crippen LogP contribution in [0.5, 0.6) is 5.75 Å². The van der Waals surface area contributed by atoms with E-state index in [1.54, 1.807) is 6.07 Å². The molecule has 0 aliphatic carbocycles. The monoisotopic (exact) mass is 277 g/mol. The smallest absolute Gasteiger partial charge is 0.223 e. The van der Waals surface area contributed by atoms with E-state index in [-0.39, 0.29) is 5.91 Å². The van der Waals surface area contributed by atoms with E-state index < -0.39 is 0 Å². The summed E-state index contributed by atoms with van der Waals surface area (Å²) < 4.78 is 0. The molecule has 2 rings (SSSR count). The Kier molecular flexibility index (Phi) is 5.24. The first kappa shape index (κ1) is 14.7. The highest BCUT2D eigenvalue weighted by Crippen LogP contribution is 2.27. The number of nitrogens with zero attached hydrogens (tertiary/aromatic N) is 2. The van der Waals surface area contributed by atoms with E-state index in [0.29, 0.717) is 12.2 Å². The average molecular weight is 277 g/mol. The summed E-state index contributed by atoms with van der Waals surface area (Å²) in [6.45, 7) is 6.66. The fourth-order valence-corrected chi connectivity index (χ4v) is 2.46. The number of hydrogen-bond donors (Lipinski definition) is 2. The van der Waals surface area contributed by atoms with Crippen LogP contribution in [0.1, 0.15) is 13.3 Å². The van der Waals surface area contributed by atoms with Gasteiger partial charge in [-0.3, -0.25) is 4.79 Å². The number of rotatable bonds is 5. The van der Waals surface area contributed by atoms with Gasteiger partial charge in [-0.05, 0) is 18.7 Å². The molecule has 1 aliphatic rings. The van der Waals surface area contributed by atoms with Crippen LogP contribution in [-0.2, 0) is 4.79 Å². The summed E-state index contributed by atoms with van der Waals surface area (Å²) in [6.07, 6.45) is 0.560. The Hall–Kier alpha value is -1.75. The van der Waals surface area contributed by atoms with Gasteiger partial charge in [0.1, 0.15) is 5.75 Å². The molecule has 0 aromatic heterocycles. The maximum Gasteiger partial charge on any atom is 0.223 e. The minimum Gasteiger partial charge on any atom is -0.506 e. The van der Waals surface area contributed by atoms with Gasteiger partial charge in [0.25, 0.3) is 0 Å². The summed E-state index contributed by atoms with van der Waals surface area (Å²) in [6, 6.07) is 7.35. The lowest BCUT2D eigenvalue weighted by atomic mass is 10.2. The fourth-order valence-electron chi connectivity index (χ4n) is 2.46. The lowest BCUT2D eigenvalue weighted by molar-refractivity contribution is -0.131. The molecule has 0 spiro atoms. The molecule has 1 saturated heterocycles. The first-order valence-electron chi connectivity index (χ1n) is 7.23. The highest BCUT2D eigenvalue weighted by molar-refractivity contribution is 5.76. The van der Waals surface area contributed by atoms with E-state index in [9.17, 15) is 9.90 Å². The Balaban J connectivity index is 1.83. The molecule has 5 nitrogen and oxygen atoms in total. The molecule has 1 aliphatic heterocycles. The van der Waals surface area contributed by atoms with Crippen LogP contribution < -0.4 is 10.2 Å². The van der Waals surface area contributed by atoms with Gasteiger partial charge in [0.2, 0.25) is 5.91 Å². The number of aromatic hydroxyl groups is 1. The lowest BCUT2D eigenvalue weighted by Crippen LogP contribution is -2.49. The summed E-state index contributed by atoms with van der Waals surface area (Å²) >= 11 is 0. The topological polar surface area (TPSA) is 55.8 Å². The standard InChI is InChI=1S/C15H23N3O2/c1-2-16-8-7-15(20)18-11-9-17(10-12-18)13-5-3-4-6-14(13)19/h3-6,16,19H,2,7-12H2,1H3. The van der Waals surface area contributed by atoms with Crippen molar-refractivity contribution >= 4 is 11.6 Å². The van der Waals surface area contributed by atoms with Crippen molar-refractivity contribution in [3.8, 4) is 5.75 Å². The van der Waals surface area contributed by atoms with Crippen LogP contribution in [0.4, 0.5) is 5.69 Å². The van der Waals surface area contributed by atoms with Gasteiger partial charge in [0.15, 0.2) is 0 Å². The summed E-state index contributed by atoms with van der Waals surface area (Å²) in [7, 11) is 0. The quantitative estimate of drug-likeness (QED) is 0.790. The Morgan fingerprint density at radius 1 is 1.25 bits per heavy atom. The molecule has 0 atom stereocenters. The molecule has 5 heteroatoms. The molecule has 20 heavy (non-hydrogen) atoms. The molecular formula is C15H23N3O2. The van der Waals surface area contributed by atoms with Gasteiger partial charge in [-0.1, -0.05) is 19.1 Å². The summed E-state index contributed by atoms with van der Waals surface area (Å²) in [4.78, 5) is 16.0. The zero-order valence-electron chi connectivity index (χ0n) is 12.0. The predicted octanol–water partition coefficient (Wildman–Crippen LogP) is 1.04. The first-order chi connectivity index (χ1) is 9.72. The molecule has 1 aromatic rings.